The Morgan fingerprint density at radius 2 is 1.14 bits per heavy atom. The van der Waals surface area contributed by atoms with Crippen LogP contribution >= 0.6 is 0 Å². The van der Waals surface area contributed by atoms with Gasteiger partial charge in [0.25, 0.3) is 0 Å². The molecule has 5 aliphatic carbocycles. The highest BCUT2D eigenvalue weighted by Gasteiger charge is 2.68. The largest absolute Gasteiger partial charge is 0.0620 e. The fraction of sp³-hybridized carbons (Fsp3) is 0.571. The Kier molecular flexibility index (Phi) is 0.857. The molecule has 2 bridgehead atoms. The van der Waals surface area contributed by atoms with E-state index in [1.165, 1.54) is 0 Å². The third-order valence-corrected chi connectivity index (χ3v) is 5.34. The predicted molar refractivity (Wildman–Crippen MR) is 55.1 cm³/mol. The number of hydrogen-bond donors (Lipinski definition) is 0. The van der Waals surface area contributed by atoms with Crippen molar-refractivity contribution in [2.75, 3.05) is 0 Å². The van der Waals surface area contributed by atoms with Crippen molar-refractivity contribution in [1.82, 2.24) is 0 Å². The van der Waals surface area contributed by atoms with E-state index in [1.807, 2.05) is 0 Å². The summed E-state index contributed by atoms with van der Waals surface area (Å²) < 4.78 is 0. The zero-order valence-electron chi connectivity index (χ0n) is 8.19. The molecule has 5 aliphatic rings. The molecule has 0 aromatic heterocycles. The van der Waals surface area contributed by atoms with Crippen LogP contribution < -0.4 is 0 Å². The van der Waals surface area contributed by atoms with Crippen molar-refractivity contribution in [2.24, 2.45) is 23.7 Å². The van der Waals surface area contributed by atoms with Crippen LogP contribution in [0.2, 0.25) is 0 Å². The van der Waals surface area contributed by atoms with Crippen molar-refractivity contribution in [3.05, 3.63) is 35.4 Å². The van der Waals surface area contributed by atoms with Crippen LogP contribution in [-0.2, 0) is 0 Å². The Morgan fingerprint density at radius 3 is 1.57 bits per heavy atom. The monoisotopic (exact) mass is 182 g/mol. The van der Waals surface area contributed by atoms with Crippen molar-refractivity contribution >= 4 is 0 Å². The molecule has 0 radical (unpaired) electrons. The van der Waals surface area contributed by atoms with Crippen LogP contribution in [0, 0.1) is 23.7 Å². The molecule has 1 aromatic carbocycles. The highest BCUT2D eigenvalue weighted by Crippen LogP contribution is 2.78. The van der Waals surface area contributed by atoms with Gasteiger partial charge in [-0.25, -0.2) is 0 Å². The topological polar surface area (TPSA) is 0 Å². The lowest BCUT2D eigenvalue weighted by atomic mass is 9.67. The van der Waals surface area contributed by atoms with Crippen molar-refractivity contribution in [1.29, 1.82) is 0 Å². The number of rotatable bonds is 0. The first-order valence-electron chi connectivity index (χ1n) is 6.04. The van der Waals surface area contributed by atoms with E-state index < -0.39 is 0 Å². The van der Waals surface area contributed by atoms with Crippen LogP contribution in [-0.4, -0.2) is 0 Å². The Bertz CT molecular complexity index is 376. The predicted octanol–water partition coefficient (Wildman–Crippen LogP) is 3.15. The maximum Gasteiger partial charge on any atom is -0.00965 e. The average Bonchev–Trinajstić information content (AvgIpc) is 3.08. The molecule has 0 nitrogen and oxygen atoms in total. The van der Waals surface area contributed by atoms with Gasteiger partial charge >= 0.3 is 0 Å². The van der Waals surface area contributed by atoms with Crippen LogP contribution in [0.4, 0.5) is 0 Å². The third kappa shape index (κ3) is 0.549. The quantitative estimate of drug-likeness (QED) is 0.578. The fourth-order valence-electron chi connectivity index (χ4n) is 4.80. The molecular weight excluding hydrogens is 168 g/mol. The molecule has 0 aliphatic heterocycles. The summed E-state index contributed by atoms with van der Waals surface area (Å²) in [6.07, 6.45) is 3.11. The number of hydrogen-bond acceptors (Lipinski definition) is 0. The fourth-order valence-corrected chi connectivity index (χ4v) is 4.80. The van der Waals surface area contributed by atoms with E-state index in [1.54, 1.807) is 24.0 Å². The van der Waals surface area contributed by atoms with Crippen LogP contribution in [0.5, 0.6) is 0 Å². The van der Waals surface area contributed by atoms with E-state index >= 15 is 0 Å². The first-order valence-corrected chi connectivity index (χ1v) is 6.04. The van der Waals surface area contributed by atoms with E-state index in [4.69, 9.17) is 0 Å². The molecule has 6 atom stereocenters. The second-order valence-electron chi connectivity index (χ2n) is 5.81. The third-order valence-electron chi connectivity index (χ3n) is 5.34. The SMILES string of the molecule is c1ccc2c(c1)C1[C@H]3C[C@@H]3C2[C@@H]2C[C@H]12. The second-order valence-corrected chi connectivity index (χ2v) is 5.81. The van der Waals surface area contributed by atoms with Gasteiger partial charge in [0.2, 0.25) is 0 Å². The standard InChI is InChI=1S/C14H14/c1-2-4-8-7(3-1)13-9-5-11(9)14(8)12-6-10(12)13/h1-4,9-14H,5-6H2/t9-,10-,11-,12+,13?,14?/m0/s1. The van der Waals surface area contributed by atoms with Crippen molar-refractivity contribution in [2.45, 2.75) is 24.7 Å². The molecule has 0 amide bonds. The van der Waals surface area contributed by atoms with Crippen molar-refractivity contribution in [3.63, 3.8) is 0 Å². The summed E-state index contributed by atoms with van der Waals surface area (Å²) in [5.41, 5.74) is 3.49. The molecular formula is C14H14. The number of benzene rings is 1. The summed E-state index contributed by atoms with van der Waals surface area (Å²) >= 11 is 0. The Morgan fingerprint density at radius 1 is 0.714 bits per heavy atom. The molecule has 3 saturated carbocycles. The minimum absolute atomic E-state index is 0.992. The van der Waals surface area contributed by atoms with E-state index in [0.717, 1.165) is 35.5 Å². The van der Waals surface area contributed by atoms with Gasteiger partial charge in [0.15, 0.2) is 0 Å². The van der Waals surface area contributed by atoms with Gasteiger partial charge < -0.3 is 0 Å². The highest BCUT2D eigenvalue weighted by molar-refractivity contribution is 5.47. The van der Waals surface area contributed by atoms with E-state index in [9.17, 15) is 0 Å². The first-order chi connectivity index (χ1) is 6.95. The van der Waals surface area contributed by atoms with Gasteiger partial charge in [-0.15, -0.1) is 0 Å². The van der Waals surface area contributed by atoms with Gasteiger partial charge in [-0.1, -0.05) is 24.3 Å². The van der Waals surface area contributed by atoms with Crippen molar-refractivity contribution < 1.29 is 0 Å². The lowest BCUT2D eigenvalue weighted by molar-refractivity contribution is 0.320. The molecule has 0 spiro atoms. The summed E-state index contributed by atoms with van der Waals surface area (Å²) in [5, 5.41) is 0. The van der Waals surface area contributed by atoms with Gasteiger partial charge in [0.05, 0.1) is 0 Å². The van der Waals surface area contributed by atoms with Gasteiger partial charge in [-0.05, 0) is 59.5 Å². The van der Waals surface area contributed by atoms with Gasteiger partial charge in [0.1, 0.15) is 0 Å². The Labute approximate surface area is 84.3 Å². The minimum Gasteiger partial charge on any atom is -0.0620 e. The summed E-state index contributed by atoms with van der Waals surface area (Å²) in [4.78, 5) is 0. The van der Waals surface area contributed by atoms with Gasteiger partial charge in [-0.2, -0.15) is 0 Å². The van der Waals surface area contributed by atoms with Gasteiger partial charge in [0, 0.05) is 0 Å². The summed E-state index contributed by atoms with van der Waals surface area (Å²) in [5.74, 6) is 6.42. The molecule has 0 saturated heterocycles. The molecule has 3 fully saturated rings. The Balaban J connectivity index is 1.85. The van der Waals surface area contributed by atoms with Crippen LogP contribution in [0.25, 0.3) is 0 Å². The second kappa shape index (κ2) is 1.80. The lowest BCUT2D eigenvalue weighted by Gasteiger charge is -2.37. The molecule has 14 heavy (non-hydrogen) atoms. The maximum atomic E-state index is 2.41. The van der Waals surface area contributed by atoms with E-state index in [-0.39, 0.29) is 0 Å². The summed E-state index contributed by atoms with van der Waals surface area (Å²) in [6.45, 7) is 0. The summed E-state index contributed by atoms with van der Waals surface area (Å²) in [6, 6.07) is 9.31. The highest BCUT2D eigenvalue weighted by atomic mass is 14.7. The molecule has 2 unspecified atom stereocenters. The van der Waals surface area contributed by atoms with E-state index in [0.29, 0.717) is 0 Å². The molecule has 0 heteroatoms. The zero-order valence-corrected chi connectivity index (χ0v) is 8.19. The zero-order chi connectivity index (χ0) is 8.86. The molecule has 70 valence electrons. The molecule has 0 N–H and O–H groups in total. The van der Waals surface area contributed by atoms with Crippen LogP contribution in [0.1, 0.15) is 35.8 Å². The van der Waals surface area contributed by atoms with Crippen LogP contribution in [0.15, 0.2) is 24.3 Å². The van der Waals surface area contributed by atoms with Crippen LogP contribution in [0.3, 0.4) is 0 Å². The first kappa shape index (κ1) is 6.66. The minimum atomic E-state index is 0.992. The molecule has 1 aromatic rings. The normalized spacial score (nSPS) is 54.6. The van der Waals surface area contributed by atoms with Crippen molar-refractivity contribution in [3.8, 4) is 0 Å². The average molecular weight is 182 g/mol. The molecule has 6 rings (SSSR count). The van der Waals surface area contributed by atoms with Gasteiger partial charge in [-0.3, -0.25) is 0 Å². The smallest absolute Gasteiger partial charge is 0.00965 e. The molecule has 0 heterocycles. The lowest BCUT2D eigenvalue weighted by Crippen LogP contribution is -2.26. The summed E-state index contributed by atoms with van der Waals surface area (Å²) in [7, 11) is 0. The Hall–Kier alpha value is -0.780. The maximum absolute atomic E-state index is 2.41. The van der Waals surface area contributed by atoms with E-state index in [2.05, 4.69) is 24.3 Å².